The lowest BCUT2D eigenvalue weighted by Gasteiger charge is -2.09. The summed E-state index contributed by atoms with van der Waals surface area (Å²) in [5.41, 5.74) is 1.36. The Hall–Kier alpha value is -0.820. The molecule has 0 saturated heterocycles. The van der Waals surface area contributed by atoms with E-state index < -0.39 is 0 Å². The fourth-order valence-corrected chi connectivity index (χ4v) is 1.24. The van der Waals surface area contributed by atoms with Crippen LogP contribution in [0.2, 0.25) is 0 Å². The second kappa shape index (κ2) is 6.61. The lowest BCUT2D eigenvalue weighted by Crippen LogP contribution is -2.07. The van der Waals surface area contributed by atoms with Crippen LogP contribution in [0.1, 0.15) is 25.8 Å². The van der Waals surface area contributed by atoms with Gasteiger partial charge in [0.2, 0.25) is 0 Å². The van der Waals surface area contributed by atoms with E-state index in [0.29, 0.717) is 5.92 Å². The van der Waals surface area contributed by atoms with Gasteiger partial charge in [-0.3, -0.25) is 0 Å². The van der Waals surface area contributed by atoms with Crippen LogP contribution in [0.25, 0.3) is 0 Å². The van der Waals surface area contributed by atoms with Crippen molar-refractivity contribution >= 4 is 0 Å². The maximum atomic E-state index is 5.59. The second-order valence-electron chi connectivity index (χ2n) is 3.82. The van der Waals surface area contributed by atoms with E-state index in [-0.39, 0.29) is 0 Å². The van der Waals surface area contributed by atoms with Crippen LogP contribution >= 0.6 is 0 Å². The van der Waals surface area contributed by atoms with Crippen molar-refractivity contribution < 1.29 is 4.74 Å². The first kappa shape index (κ1) is 11.3. The van der Waals surface area contributed by atoms with Crippen molar-refractivity contribution in [2.75, 3.05) is 13.2 Å². The van der Waals surface area contributed by atoms with Crippen molar-refractivity contribution in [1.82, 2.24) is 0 Å². The fraction of sp³-hybridized carbons (Fsp3) is 0.538. The van der Waals surface area contributed by atoms with Crippen molar-refractivity contribution in [2.45, 2.75) is 26.7 Å². The van der Waals surface area contributed by atoms with Gasteiger partial charge in [-0.1, -0.05) is 50.6 Å². The number of hydrogen-bond acceptors (Lipinski definition) is 1. The molecule has 1 aromatic carbocycles. The maximum Gasteiger partial charge on any atom is 0.0506 e. The third-order valence-corrected chi connectivity index (χ3v) is 2.48. The van der Waals surface area contributed by atoms with Crippen LogP contribution in [0.3, 0.4) is 0 Å². The third kappa shape index (κ3) is 4.43. The van der Waals surface area contributed by atoms with Crippen molar-refractivity contribution in [3.8, 4) is 0 Å². The zero-order valence-corrected chi connectivity index (χ0v) is 9.20. The molecule has 1 heteroatoms. The van der Waals surface area contributed by atoms with E-state index in [2.05, 4.69) is 38.1 Å². The van der Waals surface area contributed by atoms with Crippen molar-refractivity contribution in [1.29, 1.82) is 0 Å². The minimum absolute atomic E-state index is 0.686. The predicted molar refractivity (Wildman–Crippen MR) is 60.4 cm³/mol. The summed E-state index contributed by atoms with van der Waals surface area (Å²) in [6.45, 7) is 6.16. The minimum atomic E-state index is 0.686. The predicted octanol–water partition coefficient (Wildman–Crippen LogP) is 3.29. The quantitative estimate of drug-likeness (QED) is 0.628. The van der Waals surface area contributed by atoms with Gasteiger partial charge in [-0.2, -0.15) is 0 Å². The van der Waals surface area contributed by atoms with Crippen LogP contribution in [0.4, 0.5) is 0 Å². The normalized spacial score (nSPS) is 12.7. The highest BCUT2D eigenvalue weighted by atomic mass is 16.5. The third-order valence-electron chi connectivity index (χ3n) is 2.48. The Morgan fingerprint density at radius 2 is 1.93 bits per heavy atom. The van der Waals surface area contributed by atoms with Crippen LogP contribution in [0.15, 0.2) is 30.3 Å². The molecule has 1 atom stereocenters. The highest BCUT2D eigenvalue weighted by molar-refractivity contribution is 5.14. The largest absolute Gasteiger partial charge is 0.381 e. The molecular weight excluding hydrogens is 172 g/mol. The van der Waals surface area contributed by atoms with Gasteiger partial charge in [-0.25, -0.2) is 0 Å². The van der Waals surface area contributed by atoms with Gasteiger partial charge in [0.15, 0.2) is 0 Å². The van der Waals surface area contributed by atoms with Crippen LogP contribution in [0, 0.1) is 5.92 Å². The zero-order chi connectivity index (χ0) is 10.2. The summed E-state index contributed by atoms with van der Waals surface area (Å²) >= 11 is 0. The molecule has 0 saturated carbocycles. The monoisotopic (exact) mass is 192 g/mol. The second-order valence-corrected chi connectivity index (χ2v) is 3.82. The number of benzene rings is 1. The number of ether oxygens (including phenoxy) is 1. The average Bonchev–Trinajstić information content (AvgIpc) is 2.25. The molecule has 0 fully saturated rings. The van der Waals surface area contributed by atoms with E-state index in [4.69, 9.17) is 4.74 Å². The van der Waals surface area contributed by atoms with Crippen molar-refractivity contribution in [3.63, 3.8) is 0 Å². The summed E-state index contributed by atoms with van der Waals surface area (Å²) in [4.78, 5) is 0. The molecular formula is C13H20O. The minimum Gasteiger partial charge on any atom is -0.381 e. The maximum absolute atomic E-state index is 5.59. The van der Waals surface area contributed by atoms with E-state index in [9.17, 15) is 0 Å². The van der Waals surface area contributed by atoms with Gasteiger partial charge in [-0.15, -0.1) is 0 Å². The molecule has 0 aromatic heterocycles. The lowest BCUT2D eigenvalue weighted by molar-refractivity contribution is 0.106. The highest BCUT2D eigenvalue weighted by Gasteiger charge is 1.98. The van der Waals surface area contributed by atoms with E-state index in [1.807, 2.05) is 6.07 Å². The van der Waals surface area contributed by atoms with Crippen molar-refractivity contribution in [2.24, 2.45) is 5.92 Å². The van der Waals surface area contributed by atoms with Gasteiger partial charge in [0, 0.05) is 6.61 Å². The van der Waals surface area contributed by atoms with Gasteiger partial charge in [0.05, 0.1) is 6.61 Å². The first-order chi connectivity index (χ1) is 6.83. The van der Waals surface area contributed by atoms with E-state index in [0.717, 1.165) is 19.6 Å². The van der Waals surface area contributed by atoms with Gasteiger partial charge in [0.1, 0.15) is 0 Å². The first-order valence-corrected chi connectivity index (χ1v) is 5.44. The molecule has 0 aliphatic heterocycles. The van der Waals surface area contributed by atoms with E-state index >= 15 is 0 Å². The van der Waals surface area contributed by atoms with E-state index in [1.54, 1.807) is 0 Å². The summed E-state index contributed by atoms with van der Waals surface area (Å²) in [6, 6.07) is 10.5. The molecule has 1 nitrogen and oxygen atoms in total. The Kier molecular flexibility index (Phi) is 5.31. The molecule has 0 aliphatic rings. The Balaban J connectivity index is 2.10. The van der Waals surface area contributed by atoms with Crippen LogP contribution < -0.4 is 0 Å². The molecule has 14 heavy (non-hydrogen) atoms. The molecule has 0 N–H and O–H groups in total. The summed E-state index contributed by atoms with van der Waals surface area (Å²) in [6.07, 6.45) is 2.22. The fourth-order valence-electron chi connectivity index (χ4n) is 1.24. The van der Waals surface area contributed by atoms with Gasteiger partial charge >= 0.3 is 0 Å². The molecule has 0 radical (unpaired) electrons. The molecule has 1 rings (SSSR count). The smallest absolute Gasteiger partial charge is 0.0506 e. The highest BCUT2D eigenvalue weighted by Crippen LogP contribution is 2.03. The topological polar surface area (TPSA) is 9.23 Å². The number of rotatable bonds is 6. The Morgan fingerprint density at radius 1 is 1.21 bits per heavy atom. The molecule has 1 unspecified atom stereocenters. The molecule has 0 aliphatic carbocycles. The van der Waals surface area contributed by atoms with Gasteiger partial charge in [-0.05, 0) is 17.9 Å². The Bertz CT molecular complexity index is 230. The molecule has 1 aromatic rings. The van der Waals surface area contributed by atoms with E-state index in [1.165, 1.54) is 12.0 Å². The molecule has 78 valence electrons. The standard InChI is InChI=1S/C13H20O/c1-3-12(2)11-14-10-9-13-7-5-4-6-8-13/h4-8,12H,3,9-11H2,1-2H3. The average molecular weight is 192 g/mol. The van der Waals surface area contributed by atoms with Crippen LogP contribution in [-0.4, -0.2) is 13.2 Å². The first-order valence-electron chi connectivity index (χ1n) is 5.44. The van der Waals surface area contributed by atoms with Crippen LogP contribution in [-0.2, 0) is 11.2 Å². The summed E-state index contributed by atoms with van der Waals surface area (Å²) in [7, 11) is 0. The molecule has 0 spiro atoms. The molecule has 0 bridgehead atoms. The van der Waals surface area contributed by atoms with Crippen LogP contribution in [0.5, 0.6) is 0 Å². The summed E-state index contributed by atoms with van der Waals surface area (Å²) in [5, 5.41) is 0. The lowest BCUT2D eigenvalue weighted by atomic mass is 10.1. The number of hydrogen-bond donors (Lipinski definition) is 0. The Morgan fingerprint density at radius 3 is 2.57 bits per heavy atom. The summed E-state index contributed by atoms with van der Waals surface area (Å²) in [5.74, 6) is 0.686. The zero-order valence-electron chi connectivity index (χ0n) is 9.20. The molecule has 0 amide bonds. The van der Waals surface area contributed by atoms with Gasteiger partial charge < -0.3 is 4.74 Å². The summed E-state index contributed by atoms with van der Waals surface area (Å²) < 4.78 is 5.59. The SMILES string of the molecule is CCC(C)COCCc1ccccc1. The van der Waals surface area contributed by atoms with Crippen molar-refractivity contribution in [3.05, 3.63) is 35.9 Å². The van der Waals surface area contributed by atoms with Gasteiger partial charge in [0.25, 0.3) is 0 Å². The Labute approximate surface area is 87.1 Å². The molecule has 0 heterocycles.